The molecule has 2 unspecified atom stereocenters. The van der Waals surface area contributed by atoms with Gasteiger partial charge in [0, 0.05) is 25.2 Å². The van der Waals surface area contributed by atoms with E-state index in [1.165, 1.54) is 0 Å². The predicted octanol–water partition coefficient (Wildman–Crippen LogP) is 0.121. The van der Waals surface area contributed by atoms with Crippen molar-refractivity contribution in [2.75, 3.05) is 13.1 Å². The molecule has 3 aliphatic heterocycles. The van der Waals surface area contributed by atoms with Gasteiger partial charge in [0.15, 0.2) is 0 Å². The zero-order valence-corrected chi connectivity index (χ0v) is 6.77. The molecule has 3 heterocycles. The van der Waals surface area contributed by atoms with Gasteiger partial charge in [-0.25, -0.2) is 0 Å². The number of rotatable bonds is 0. The van der Waals surface area contributed by atoms with Crippen molar-refractivity contribution in [1.82, 2.24) is 10.2 Å². The fourth-order valence-corrected chi connectivity index (χ4v) is 1.86. The molecule has 0 aromatic carbocycles. The van der Waals surface area contributed by atoms with Gasteiger partial charge in [-0.15, -0.1) is 0 Å². The van der Waals surface area contributed by atoms with E-state index in [-0.39, 0.29) is 25.2 Å². The highest BCUT2D eigenvalue weighted by atomic mass is 19.4. The third-order valence-corrected chi connectivity index (χ3v) is 2.45. The number of carbonyl (C=O) groups is 1. The monoisotopic (exact) mass is 194 g/mol. The second kappa shape index (κ2) is 2.60. The Morgan fingerprint density at radius 3 is 2.15 bits per heavy atom. The van der Waals surface area contributed by atoms with Crippen LogP contribution in [0.15, 0.2) is 0 Å². The number of nitrogens with zero attached hydrogens (tertiary/aromatic N) is 1. The van der Waals surface area contributed by atoms with Crippen LogP contribution in [0.5, 0.6) is 0 Å². The van der Waals surface area contributed by atoms with Crippen molar-refractivity contribution in [3.63, 3.8) is 0 Å². The number of fused-ring (bicyclic) bond motifs is 2. The first-order valence-electron chi connectivity index (χ1n) is 4.09. The maximum absolute atomic E-state index is 12.0. The molecule has 3 nitrogen and oxygen atoms in total. The lowest BCUT2D eigenvalue weighted by Gasteiger charge is -2.48. The third-order valence-electron chi connectivity index (χ3n) is 2.45. The number of hydrogen-bond acceptors (Lipinski definition) is 2. The van der Waals surface area contributed by atoms with Gasteiger partial charge in [-0.2, -0.15) is 13.2 Å². The number of piperazine rings is 1. The van der Waals surface area contributed by atoms with Crippen LogP contribution >= 0.6 is 0 Å². The Hall–Kier alpha value is -0.780. The second-order valence-electron chi connectivity index (χ2n) is 3.50. The van der Waals surface area contributed by atoms with E-state index in [0.717, 1.165) is 11.3 Å². The van der Waals surface area contributed by atoms with Gasteiger partial charge < -0.3 is 10.2 Å². The maximum Gasteiger partial charge on any atom is 0.471 e. The molecule has 0 aliphatic carbocycles. The minimum Gasteiger partial charge on any atom is -0.332 e. The minimum absolute atomic E-state index is 0.0741. The summed E-state index contributed by atoms with van der Waals surface area (Å²) in [4.78, 5) is 11.6. The summed E-state index contributed by atoms with van der Waals surface area (Å²) in [6.45, 7) is 0.379. The number of alkyl halides is 3. The van der Waals surface area contributed by atoms with Gasteiger partial charge in [-0.1, -0.05) is 0 Å². The van der Waals surface area contributed by atoms with Crippen molar-refractivity contribution >= 4 is 5.91 Å². The molecule has 0 spiro atoms. The molecule has 3 rings (SSSR count). The Morgan fingerprint density at radius 1 is 1.31 bits per heavy atom. The topological polar surface area (TPSA) is 32.3 Å². The summed E-state index contributed by atoms with van der Waals surface area (Å²) in [7, 11) is 0. The van der Waals surface area contributed by atoms with Crippen molar-refractivity contribution in [3.05, 3.63) is 0 Å². The fourth-order valence-electron chi connectivity index (χ4n) is 1.86. The second-order valence-corrected chi connectivity index (χ2v) is 3.50. The van der Waals surface area contributed by atoms with Crippen LogP contribution in [-0.2, 0) is 4.79 Å². The number of amides is 1. The number of hydrogen-bond donors (Lipinski definition) is 1. The summed E-state index contributed by atoms with van der Waals surface area (Å²) < 4.78 is 35.9. The molecule has 2 atom stereocenters. The molecule has 74 valence electrons. The predicted molar refractivity (Wildman–Crippen MR) is 38.0 cm³/mol. The van der Waals surface area contributed by atoms with E-state index < -0.39 is 12.1 Å². The Labute approximate surface area is 72.9 Å². The molecule has 2 bridgehead atoms. The van der Waals surface area contributed by atoms with Crippen LogP contribution in [0.25, 0.3) is 0 Å². The van der Waals surface area contributed by atoms with Gasteiger partial charge in [0.2, 0.25) is 0 Å². The minimum atomic E-state index is -4.72. The highest BCUT2D eigenvalue weighted by Gasteiger charge is 2.47. The first-order chi connectivity index (χ1) is 5.97. The smallest absolute Gasteiger partial charge is 0.332 e. The normalized spacial score (nSPS) is 32.7. The number of halogens is 3. The van der Waals surface area contributed by atoms with Gasteiger partial charge >= 0.3 is 12.1 Å². The molecule has 3 aliphatic rings. The van der Waals surface area contributed by atoms with E-state index >= 15 is 0 Å². The summed E-state index contributed by atoms with van der Waals surface area (Å²) in [6.07, 6.45) is -3.83. The van der Waals surface area contributed by atoms with Crippen molar-refractivity contribution in [1.29, 1.82) is 0 Å². The zero-order chi connectivity index (χ0) is 9.64. The summed E-state index contributed by atoms with van der Waals surface area (Å²) in [5.74, 6) is -1.70. The molecule has 0 aromatic rings. The number of piperidine rings is 1. The molecule has 0 saturated carbocycles. The highest BCUT2D eigenvalue weighted by molar-refractivity contribution is 5.82. The first kappa shape index (κ1) is 8.80. The molecule has 0 aromatic heterocycles. The summed E-state index contributed by atoms with van der Waals surface area (Å²) in [5.41, 5.74) is 0. The van der Waals surface area contributed by atoms with Crippen LogP contribution in [0.3, 0.4) is 0 Å². The van der Waals surface area contributed by atoms with Gasteiger partial charge in [0.05, 0.1) is 0 Å². The Balaban J connectivity index is 1.98. The standard InChI is InChI=1S/C7H9F3N2O/c8-7(9,10)6(13)12-2-4-1-5(3-12)11-4/h4-5,11H,1-3H2. The Kier molecular flexibility index (Phi) is 1.76. The SMILES string of the molecule is O=C(N1CC2CC(C1)N2)C(F)(F)F. The van der Waals surface area contributed by atoms with E-state index in [2.05, 4.69) is 5.32 Å². The van der Waals surface area contributed by atoms with Gasteiger partial charge in [-0.3, -0.25) is 4.79 Å². The number of carbonyl (C=O) groups excluding carboxylic acids is 1. The molecule has 1 N–H and O–H groups in total. The number of nitrogens with one attached hydrogen (secondary N) is 1. The van der Waals surface area contributed by atoms with Crippen molar-refractivity contribution in [3.8, 4) is 0 Å². The lowest BCUT2D eigenvalue weighted by Crippen LogP contribution is -2.68. The summed E-state index contributed by atoms with van der Waals surface area (Å²) in [5, 5.41) is 3.05. The first-order valence-corrected chi connectivity index (χ1v) is 4.09. The van der Waals surface area contributed by atoms with Crippen molar-refractivity contribution in [2.45, 2.75) is 24.7 Å². The average molecular weight is 194 g/mol. The van der Waals surface area contributed by atoms with Gasteiger partial charge in [-0.05, 0) is 6.42 Å². The Morgan fingerprint density at radius 2 is 1.77 bits per heavy atom. The average Bonchev–Trinajstić information content (AvgIpc) is 2.00. The van der Waals surface area contributed by atoms with E-state index in [4.69, 9.17) is 0 Å². The fraction of sp³-hybridized carbons (Fsp3) is 0.857. The molecule has 1 amide bonds. The van der Waals surface area contributed by atoms with E-state index in [1.54, 1.807) is 0 Å². The molecule has 13 heavy (non-hydrogen) atoms. The maximum atomic E-state index is 12.0. The summed E-state index contributed by atoms with van der Waals surface area (Å²) in [6, 6.07) is 0.148. The summed E-state index contributed by atoms with van der Waals surface area (Å²) >= 11 is 0. The highest BCUT2D eigenvalue weighted by Crippen LogP contribution is 2.25. The van der Waals surface area contributed by atoms with E-state index in [0.29, 0.717) is 0 Å². The van der Waals surface area contributed by atoms with Crippen LogP contribution in [0.1, 0.15) is 6.42 Å². The largest absolute Gasteiger partial charge is 0.471 e. The third kappa shape index (κ3) is 1.50. The van der Waals surface area contributed by atoms with Crippen molar-refractivity contribution < 1.29 is 18.0 Å². The lowest BCUT2D eigenvalue weighted by molar-refractivity contribution is -0.189. The van der Waals surface area contributed by atoms with Gasteiger partial charge in [0.25, 0.3) is 0 Å². The van der Waals surface area contributed by atoms with Crippen LogP contribution in [-0.4, -0.2) is 42.2 Å². The Bertz CT molecular complexity index is 224. The molecule has 6 heteroatoms. The molecule has 3 saturated heterocycles. The lowest BCUT2D eigenvalue weighted by atomic mass is 9.91. The van der Waals surface area contributed by atoms with Crippen LogP contribution in [0.4, 0.5) is 13.2 Å². The quantitative estimate of drug-likeness (QED) is 0.594. The van der Waals surface area contributed by atoms with Crippen LogP contribution in [0.2, 0.25) is 0 Å². The van der Waals surface area contributed by atoms with Crippen LogP contribution in [0, 0.1) is 0 Å². The van der Waals surface area contributed by atoms with E-state index in [1.807, 2.05) is 0 Å². The van der Waals surface area contributed by atoms with Gasteiger partial charge in [0.1, 0.15) is 0 Å². The molecular formula is C7H9F3N2O. The molecule has 0 radical (unpaired) electrons. The zero-order valence-electron chi connectivity index (χ0n) is 6.77. The van der Waals surface area contributed by atoms with E-state index in [9.17, 15) is 18.0 Å². The van der Waals surface area contributed by atoms with Crippen LogP contribution < -0.4 is 5.32 Å². The van der Waals surface area contributed by atoms with Crippen molar-refractivity contribution in [2.24, 2.45) is 0 Å². The molecular weight excluding hydrogens is 185 g/mol. The molecule has 3 fully saturated rings.